The summed E-state index contributed by atoms with van der Waals surface area (Å²) in [6.45, 7) is 7.85. The lowest BCUT2D eigenvalue weighted by molar-refractivity contribution is 0.269. The van der Waals surface area contributed by atoms with Gasteiger partial charge in [-0.3, -0.25) is 0 Å². The summed E-state index contributed by atoms with van der Waals surface area (Å²) in [5, 5.41) is 3.50. The van der Waals surface area contributed by atoms with Crippen LogP contribution in [0.15, 0.2) is 30.3 Å². The second-order valence-corrected chi connectivity index (χ2v) is 4.91. The molecule has 1 aromatic rings. The lowest BCUT2D eigenvalue weighted by Gasteiger charge is -2.20. The Morgan fingerprint density at radius 1 is 1.12 bits per heavy atom. The molecule has 0 saturated carbocycles. The molecule has 0 fully saturated rings. The van der Waals surface area contributed by atoms with Gasteiger partial charge in [-0.05, 0) is 58.9 Å². The van der Waals surface area contributed by atoms with Gasteiger partial charge in [0, 0.05) is 6.04 Å². The SMILES string of the molecule is CC(C)N(C)CCCNCCc1ccccc1. The molecule has 1 N–H and O–H groups in total. The highest BCUT2D eigenvalue weighted by atomic mass is 15.1. The molecular weight excluding hydrogens is 208 g/mol. The predicted octanol–water partition coefficient (Wildman–Crippen LogP) is 2.55. The number of rotatable bonds is 8. The van der Waals surface area contributed by atoms with Crippen molar-refractivity contribution in [2.75, 3.05) is 26.7 Å². The van der Waals surface area contributed by atoms with Crippen molar-refractivity contribution in [2.45, 2.75) is 32.7 Å². The summed E-state index contributed by atoms with van der Waals surface area (Å²) in [6, 6.07) is 11.3. The molecule has 0 spiro atoms. The van der Waals surface area contributed by atoms with Gasteiger partial charge in [-0.25, -0.2) is 0 Å². The minimum atomic E-state index is 0.652. The molecule has 2 heteroatoms. The number of nitrogens with zero attached hydrogens (tertiary/aromatic N) is 1. The third-order valence-electron chi connectivity index (χ3n) is 3.18. The monoisotopic (exact) mass is 234 g/mol. The molecule has 0 radical (unpaired) electrons. The maximum absolute atomic E-state index is 3.50. The molecule has 0 amide bonds. The third-order valence-corrected chi connectivity index (χ3v) is 3.18. The predicted molar refractivity (Wildman–Crippen MR) is 75.4 cm³/mol. The van der Waals surface area contributed by atoms with E-state index in [1.807, 2.05) is 0 Å². The molecule has 17 heavy (non-hydrogen) atoms. The van der Waals surface area contributed by atoms with Crippen LogP contribution >= 0.6 is 0 Å². The number of benzene rings is 1. The van der Waals surface area contributed by atoms with Gasteiger partial charge in [0.05, 0.1) is 0 Å². The van der Waals surface area contributed by atoms with Gasteiger partial charge in [-0.15, -0.1) is 0 Å². The van der Waals surface area contributed by atoms with Crippen molar-refractivity contribution < 1.29 is 0 Å². The Hall–Kier alpha value is -0.860. The molecule has 1 aromatic carbocycles. The van der Waals surface area contributed by atoms with Crippen molar-refractivity contribution in [3.8, 4) is 0 Å². The van der Waals surface area contributed by atoms with Crippen molar-refractivity contribution in [3.63, 3.8) is 0 Å². The molecule has 0 atom stereocenters. The molecule has 0 aliphatic carbocycles. The highest BCUT2D eigenvalue weighted by molar-refractivity contribution is 5.14. The molecule has 0 heterocycles. The zero-order chi connectivity index (χ0) is 12.5. The average Bonchev–Trinajstić information content (AvgIpc) is 2.34. The first-order valence-electron chi connectivity index (χ1n) is 6.65. The van der Waals surface area contributed by atoms with Gasteiger partial charge in [0.25, 0.3) is 0 Å². The fraction of sp³-hybridized carbons (Fsp3) is 0.600. The molecule has 2 nitrogen and oxygen atoms in total. The van der Waals surface area contributed by atoms with Crippen LogP contribution < -0.4 is 5.32 Å². The van der Waals surface area contributed by atoms with E-state index < -0.39 is 0 Å². The molecule has 0 saturated heterocycles. The highest BCUT2D eigenvalue weighted by Gasteiger charge is 2.01. The summed E-state index contributed by atoms with van der Waals surface area (Å²) in [6.07, 6.45) is 2.35. The van der Waals surface area contributed by atoms with Crippen LogP contribution in [-0.4, -0.2) is 37.6 Å². The van der Waals surface area contributed by atoms with Crippen molar-refractivity contribution in [3.05, 3.63) is 35.9 Å². The topological polar surface area (TPSA) is 15.3 Å². The van der Waals surface area contributed by atoms with Crippen LogP contribution in [0.5, 0.6) is 0 Å². The summed E-state index contributed by atoms with van der Waals surface area (Å²) >= 11 is 0. The maximum Gasteiger partial charge on any atom is 0.00355 e. The summed E-state index contributed by atoms with van der Waals surface area (Å²) in [7, 11) is 2.19. The van der Waals surface area contributed by atoms with Gasteiger partial charge in [0.1, 0.15) is 0 Å². The third kappa shape index (κ3) is 6.44. The molecule has 96 valence electrons. The van der Waals surface area contributed by atoms with E-state index in [1.165, 1.54) is 18.5 Å². The van der Waals surface area contributed by atoms with Crippen LogP contribution in [0.25, 0.3) is 0 Å². The summed E-state index contributed by atoms with van der Waals surface area (Å²) in [4.78, 5) is 2.39. The van der Waals surface area contributed by atoms with Crippen molar-refractivity contribution in [2.24, 2.45) is 0 Å². The Morgan fingerprint density at radius 3 is 2.47 bits per heavy atom. The van der Waals surface area contributed by atoms with E-state index in [0.717, 1.165) is 19.5 Å². The Morgan fingerprint density at radius 2 is 1.82 bits per heavy atom. The van der Waals surface area contributed by atoms with E-state index in [2.05, 4.69) is 61.4 Å². The lowest BCUT2D eigenvalue weighted by atomic mass is 10.1. The summed E-state index contributed by atoms with van der Waals surface area (Å²) < 4.78 is 0. The molecule has 0 unspecified atom stereocenters. The minimum absolute atomic E-state index is 0.652. The van der Waals surface area contributed by atoms with Gasteiger partial charge in [-0.2, -0.15) is 0 Å². The number of nitrogens with one attached hydrogen (secondary N) is 1. The van der Waals surface area contributed by atoms with Gasteiger partial charge >= 0.3 is 0 Å². The van der Waals surface area contributed by atoms with E-state index in [9.17, 15) is 0 Å². The van der Waals surface area contributed by atoms with Crippen molar-refractivity contribution >= 4 is 0 Å². The zero-order valence-corrected chi connectivity index (χ0v) is 11.4. The van der Waals surface area contributed by atoms with Crippen LogP contribution in [0, 0.1) is 0 Å². The quantitative estimate of drug-likeness (QED) is 0.695. The standard InChI is InChI=1S/C15H26N2/c1-14(2)17(3)13-7-11-16-12-10-15-8-5-4-6-9-15/h4-6,8-9,14,16H,7,10-13H2,1-3H3. The van der Waals surface area contributed by atoms with E-state index in [1.54, 1.807) is 0 Å². The van der Waals surface area contributed by atoms with E-state index in [-0.39, 0.29) is 0 Å². The van der Waals surface area contributed by atoms with Gasteiger partial charge < -0.3 is 10.2 Å². The van der Waals surface area contributed by atoms with Crippen LogP contribution in [0.3, 0.4) is 0 Å². The van der Waals surface area contributed by atoms with Gasteiger partial charge in [0.15, 0.2) is 0 Å². The van der Waals surface area contributed by atoms with Crippen molar-refractivity contribution in [1.82, 2.24) is 10.2 Å². The summed E-state index contributed by atoms with van der Waals surface area (Å²) in [5.74, 6) is 0. The molecule has 0 aromatic heterocycles. The van der Waals surface area contributed by atoms with Gasteiger partial charge in [-0.1, -0.05) is 30.3 Å². The first-order chi connectivity index (χ1) is 8.20. The van der Waals surface area contributed by atoms with Crippen LogP contribution in [-0.2, 0) is 6.42 Å². The average molecular weight is 234 g/mol. The second kappa shape index (κ2) is 8.26. The normalized spacial score (nSPS) is 11.4. The number of hydrogen-bond acceptors (Lipinski definition) is 2. The van der Waals surface area contributed by atoms with Gasteiger partial charge in [0.2, 0.25) is 0 Å². The fourth-order valence-electron chi connectivity index (χ4n) is 1.71. The Kier molecular flexibility index (Phi) is 6.90. The first-order valence-corrected chi connectivity index (χ1v) is 6.65. The Bertz CT molecular complexity index is 282. The maximum atomic E-state index is 3.50. The zero-order valence-electron chi connectivity index (χ0n) is 11.4. The molecule has 0 aliphatic rings. The molecule has 1 rings (SSSR count). The summed E-state index contributed by atoms with van der Waals surface area (Å²) in [5.41, 5.74) is 1.42. The van der Waals surface area contributed by atoms with Crippen molar-refractivity contribution in [1.29, 1.82) is 0 Å². The largest absolute Gasteiger partial charge is 0.316 e. The van der Waals surface area contributed by atoms with E-state index >= 15 is 0 Å². The highest BCUT2D eigenvalue weighted by Crippen LogP contribution is 1.98. The van der Waals surface area contributed by atoms with Crippen LogP contribution in [0.1, 0.15) is 25.8 Å². The Labute approximate surface area is 106 Å². The minimum Gasteiger partial charge on any atom is -0.316 e. The smallest absolute Gasteiger partial charge is 0.00355 e. The second-order valence-electron chi connectivity index (χ2n) is 4.91. The van der Waals surface area contributed by atoms with E-state index in [0.29, 0.717) is 6.04 Å². The fourth-order valence-corrected chi connectivity index (χ4v) is 1.71. The van der Waals surface area contributed by atoms with Crippen LogP contribution in [0.4, 0.5) is 0 Å². The number of hydrogen-bond donors (Lipinski definition) is 1. The molecular formula is C15H26N2. The molecule has 0 aliphatic heterocycles. The Balaban J connectivity index is 1.98. The van der Waals surface area contributed by atoms with E-state index in [4.69, 9.17) is 0 Å². The first kappa shape index (κ1) is 14.2. The molecule has 0 bridgehead atoms. The van der Waals surface area contributed by atoms with Crippen LogP contribution in [0.2, 0.25) is 0 Å². The lowest BCUT2D eigenvalue weighted by Crippen LogP contribution is -2.30.